The van der Waals surface area contributed by atoms with Crippen LogP contribution in [-0.4, -0.2) is 11.8 Å². The average molecular weight is 298 g/mol. The third-order valence-corrected chi connectivity index (χ3v) is 3.61. The Morgan fingerprint density at radius 3 is 2.50 bits per heavy atom. The summed E-state index contributed by atoms with van der Waals surface area (Å²) in [5.41, 5.74) is 5.54. The Kier molecular flexibility index (Phi) is 5.95. The van der Waals surface area contributed by atoms with Crippen molar-refractivity contribution in [2.45, 2.75) is 39.0 Å². The van der Waals surface area contributed by atoms with Crippen molar-refractivity contribution in [3.63, 3.8) is 0 Å². The smallest absolute Gasteiger partial charge is 0.270 e. The Balaban J connectivity index is 1.90. The van der Waals surface area contributed by atoms with Crippen LogP contribution in [0.4, 0.5) is 0 Å². The molecule has 2 N–H and O–H groups in total. The van der Waals surface area contributed by atoms with E-state index >= 15 is 0 Å². The van der Waals surface area contributed by atoms with E-state index in [0.29, 0.717) is 12.0 Å². The van der Waals surface area contributed by atoms with E-state index in [0.717, 1.165) is 36.5 Å². The number of fused-ring (bicyclic) bond motifs is 1. The largest absolute Gasteiger partial charge is 0.273 e. The molecule has 4 heteroatoms. The fourth-order valence-corrected chi connectivity index (χ4v) is 2.39. The van der Waals surface area contributed by atoms with Gasteiger partial charge in [0.05, 0.1) is 0 Å². The molecule has 4 nitrogen and oxygen atoms in total. The Bertz CT molecular complexity index is 647. The van der Waals surface area contributed by atoms with Gasteiger partial charge in [0.25, 0.3) is 5.91 Å². The van der Waals surface area contributed by atoms with E-state index in [1.807, 2.05) is 36.4 Å². The molecule has 116 valence electrons. The van der Waals surface area contributed by atoms with Crippen LogP contribution in [0.3, 0.4) is 0 Å². The highest BCUT2D eigenvalue weighted by Crippen LogP contribution is 2.18. The summed E-state index contributed by atoms with van der Waals surface area (Å²) in [6.45, 7) is 2.13. The van der Waals surface area contributed by atoms with Gasteiger partial charge < -0.3 is 0 Å². The standard InChI is InChI=1S/C18H22N2O2/c1-2-3-4-5-13-17(21)19-20-18(22)16-12-8-10-14-9-6-7-11-15(14)16/h6-12H,2-5,13H2,1H3,(H,19,21)(H,20,22). The molecule has 2 aromatic carbocycles. The van der Waals surface area contributed by atoms with Crippen LogP contribution in [0.1, 0.15) is 49.4 Å². The van der Waals surface area contributed by atoms with Crippen LogP contribution in [0.2, 0.25) is 0 Å². The molecular weight excluding hydrogens is 276 g/mol. The first-order chi connectivity index (χ1) is 10.7. The van der Waals surface area contributed by atoms with Crippen molar-refractivity contribution in [3.8, 4) is 0 Å². The second-order valence-electron chi connectivity index (χ2n) is 5.34. The Morgan fingerprint density at radius 1 is 0.909 bits per heavy atom. The molecule has 0 heterocycles. The van der Waals surface area contributed by atoms with Crippen molar-refractivity contribution in [2.75, 3.05) is 0 Å². The molecule has 2 amide bonds. The molecule has 0 unspecified atom stereocenters. The third kappa shape index (κ3) is 4.32. The monoisotopic (exact) mass is 298 g/mol. The van der Waals surface area contributed by atoms with Gasteiger partial charge in [0.15, 0.2) is 0 Å². The van der Waals surface area contributed by atoms with Crippen molar-refractivity contribution in [3.05, 3.63) is 48.0 Å². The lowest BCUT2D eigenvalue weighted by molar-refractivity contribution is -0.122. The van der Waals surface area contributed by atoms with Crippen LogP contribution in [0, 0.1) is 0 Å². The van der Waals surface area contributed by atoms with Crippen molar-refractivity contribution in [1.29, 1.82) is 0 Å². The molecule has 0 atom stereocenters. The lowest BCUT2D eigenvalue weighted by atomic mass is 10.0. The summed E-state index contributed by atoms with van der Waals surface area (Å²) in [7, 11) is 0. The first-order valence-electron chi connectivity index (χ1n) is 7.79. The second-order valence-corrected chi connectivity index (χ2v) is 5.34. The van der Waals surface area contributed by atoms with Gasteiger partial charge in [-0.3, -0.25) is 20.4 Å². The summed E-state index contributed by atoms with van der Waals surface area (Å²) in [6.07, 6.45) is 4.61. The molecule has 2 aromatic rings. The molecule has 2 rings (SSSR count). The molecule has 0 bridgehead atoms. The van der Waals surface area contributed by atoms with E-state index in [4.69, 9.17) is 0 Å². The van der Waals surface area contributed by atoms with Crippen LogP contribution in [0.15, 0.2) is 42.5 Å². The summed E-state index contributed by atoms with van der Waals surface area (Å²) in [4.78, 5) is 23.9. The summed E-state index contributed by atoms with van der Waals surface area (Å²) >= 11 is 0. The minimum absolute atomic E-state index is 0.148. The van der Waals surface area contributed by atoms with Gasteiger partial charge in [0, 0.05) is 12.0 Å². The number of benzene rings is 2. The summed E-state index contributed by atoms with van der Waals surface area (Å²) in [6, 6.07) is 13.2. The number of amides is 2. The predicted octanol–water partition coefficient (Wildman–Crippen LogP) is 3.57. The first kappa shape index (κ1) is 16.0. The van der Waals surface area contributed by atoms with Gasteiger partial charge in [0.2, 0.25) is 5.91 Å². The number of hydrogen-bond donors (Lipinski definition) is 2. The minimum Gasteiger partial charge on any atom is -0.273 e. The van der Waals surface area contributed by atoms with Crippen LogP contribution in [-0.2, 0) is 4.79 Å². The van der Waals surface area contributed by atoms with Crippen LogP contribution in [0.25, 0.3) is 10.8 Å². The molecule has 0 saturated carbocycles. The summed E-state index contributed by atoms with van der Waals surface area (Å²) in [5.74, 6) is -0.441. The van der Waals surface area contributed by atoms with Crippen molar-refractivity contribution < 1.29 is 9.59 Å². The average Bonchev–Trinajstić information content (AvgIpc) is 2.56. The molecule has 0 aliphatic carbocycles. The highest BCUT2D eigenvalue weighted by Gasteiger charge is 2.10. The topological polar surface area (TPSA) is 58.2 Å². The predicted molar refractivity (Wildman–Crippen MR) is 88.3 cm³/mol. The molecular formula is C18H22N2O2. The molecule has 0 aliphatic rings. The van der Waals surface area contributed by atoms with Crippen molar-refractivity contribution in [1.82, 2.24) is 10.9 Å². The Labute approximate surface area is 130 Å². The van der Waals surface area contributed by atoms with E-state index < -0.39 is 0 Å². The Hall–Kier alpha value is -2.36. The maximum atomic E-state index is 12.2. The maximum Gasteiger partial charge on any atom is 0.270 e. The zero-order valence-corrected chi connectivity index (χ0v) is 12.9. The SMILES string of the molecule is CCCCCCC(=O)NNC(=O)c1cccc2ccccc12. The quantitative estimate of drug-likeness (QED) is 0.632. The molecule has 0 fully saturated rings. The molecule has 0 spiro atoms. The number of carbonyl (C=O) groups is 2. The number of nitrogens with one attached hydrogen (secondary N) is 2. The van der Waals surface area contributed by atoms with Crippen LogP contribution < -0.4 is 10.9 Å². The fourth-order valence-electron chi connectivity index (χ4n) is 2.39. The van der Waals surface area contributed by atoms with E-state index in [1.165, 1.54) is 0 Å². The van der Waals surface area contributed by atoms with Gasteiger partial charge in [-0.05, 0) is 23.3 Å². The number of hydrazine groups is 1. The molecule has 0 aromatic heterocycles. The number of rotatable bonds is 6. The van der Waals surface area contributed by atoms with E-state index in [1.54, 1.807) is 6.07 Å². The first-order valence-corrected chi connectivity index (χ1v) is 7.79. The van der Waals surface area contributed by atoms with Gasteiger partial charge in [-0.2, -0.15) is 0 Å². The summed E-state index contributed by atoms with van der Waals surface area (Å²) in [5, 5.41) is 1.88. The van der Waals surface area contributed by atoms with Gasteiger partial charge in [-0.1, -0.05) is 62.6 Å². The number of unbranched alkanes of at least 4 members (excludes halogenated alkanes) is 3. The van der Waals surface area contributed by atoms with Crippen LogP contribution in [0.5, 0.6) is 0 Å². The van der Waals surface area contributed by atoms with Crippen molar-refractivity contribution in [2.24, 2.45) is 0 Å². The second kappa shape index (κ2) is 8.17. The molecule has 22 heavy (non-hydrogen) atoms. The maximum absolute atomic E-state index is 12.2. The van der Waals surface area contributed by atoms with Gasteiger partial charge in [-0.25, -0.2) is 0 Å². The highest BCUT2D eigenvalue weighted by molar-refractivity contribution is 6.07. The molecule has 0 aliphatic heterocycles. The zero-order valence-electron chi connectivity index (χ0n) is 12.9. The molecule has 0 radical (unpaired) electrons. The normalized spacial score (nSPS) is 10.4. The van der Waals surface area contributed by atoms with Crippen molar-refractivity contribution >= 4 is 22.6 Å². The lowest BCUT2D eigenvalue weighted by Gasteiger charge is -2.09. The van der Waals surface area contributed by atoms with E-state index in [2.05, 4.69) is 17.8 Å². The fraction of sp³-hybridized carbons (Fsp3) is 0.333. The number of carbonyl (C=O) groups excluding carboxylic acids is 2. The van der Waals surface area contributed by atoms with Gasteiger partial charge in [0.1, 0.15) is 0 Å². The van der Waals surface area contributed by atoms with E-state index in [-0.39, 0.29) is 11.8 Å². The highest BCUT2D eigenvalue weighted by atomic mass is 16.2. The van der Waals surface area contributed by atoms with Gasteiger partial charge >= 0.3 is 0 Å². The zero-order chi connectivity index (χ0) is 15.8. The van der Waals surface area contributed by atoms with E-state index in [9.17, 15) is 9.59 Å². The van der Waals surface area contributed by atoms with Crippen LogP contribution >= 0.6 is 0 Å². The molecule has 0 saturated heterocycles. The number of hydrogen-bond acceptors (Lipinski definition) is 2. The van der Waals surface area contributed by atoms with Gasteiger partial charge in [-0.15, -0.1) is 0 Å². The summed E-state index contributed by atoms with van der Waals surface area (Å²) < 4.78 is 0. The third-order valence-electron chi connectivity index (χ3n) is 3.61. The Morgan fingerprint density at radius 2 is 1.68 bits per heavy atom. The lowest BCUT2D eigenvalue weighted by Crippen LogP contribution is -2.41. The minimum atomic E-state index is -0.293.